The number of rotatable bonds is 2. The Labute approximate surface area is 107 Å². The standard InChI is InChI=1S/C15H18O3/c1-17-14(16)15(9-18-10-15)13-7-6-11-4-2-3-5-12(11)8-13/h6-8H,2-5,9-10H2,1H3. The van der Waals surface area contributed by atoms with Gasteiger partial charge in [-0.3, -0.25) is 4.79 Å². The number of methoxy groups -OCH3 is 1. The van der Waals surface area contributed by atoms with Crippen LogP contribution in [0.25, 0.3) is 0 Å². The van der Waals surface area contributed by atoms with Gasteiger partial charge in [-0.25, -0.2) is 0 Å². The number of carbonyl (C=O) groups is 1. The predicted octanol–water partition coefficient (Wildman–Crippen LogP) is 2.01. The van der Waals surface area contributed by atoms with Crippen LogP contribution in [-0.4, -0.2) is 26.3 Å². The second-order valence-corrected chi connectivity index (χ2v) is 5.26. The van der Waals surface area contributed by atoms with Crippen LogP contribution in [0, 0.1) is 0 Å². The summed E-state index contributed by atoms with van der Waals surface area (Å²) in [6, 6.07) is 6.43. The molecule has 3 nitrogen and oxygen atoms in total. The number of hydrogen-bond acceptors (Lipinski definition) is 3. The maximum Gasteiger partial charge on any atom is 0.321 e. The minimum Gasteiger partial charge on any atom is -0.468 e. The van der Waals surface area contributed by atoms with E-state index in [9.17, 15) is 4.79 Å². The first-order valence-corrected chi connectivity index (χ1v) is 6.55. The molecule has 3 rings (SSSR count). The van der Waals surface area contributed by atoms with Gasteiger partial charge in [0.2, 0.25) is 0 Å². The van der Waals surface area contributed by atoms with E-state index in [2.05, 4.69) is 18.2 Å². The Morgan fingerprint density at radius 1 is 1.22 bits per heavy atom. The van der Waals surface area contributed by atoms with Crippen LogP contribution in [-0.2, 0) is 32.5 Å². The largest absolute Gasteiger partial charge is 0.468 e. The number of esters is 1. The number of fused-ring (bicyclic) bond motifs is 1. The lowest BCUT2D eigenvalue weighted by Crippen LogP contribution is -2.53. The summed E-state index contributed by atoms with van der Waals surface area (Å²) in [5.41, 5.74) is 3.33. The predicted molar refractivity (Wildman–Crippen MR) is 67.6 cm³/mol. The van der Waals surface area contributed by atoms with E-state index < -0.39 is 5.41 Å². The van der Waals surface area contributed by atoms with E-state index >= 15 is 0 Å². The number of aryl methyl sites for hydroxylation is 2. The number of ether oxygens (including phenoxy) is 2. The SMILES string of the molecule is COC(=O)C1(c2ccc3c(c2)CCCC3)COC1. The molecule has 3 heteroatoms. The van der Waals surface area contributed by atoms with Gasteiger partial charge >= 0.3 is 5.97 Å². The summed E-state index contributed by atoms with van der Waals surface area (Å²) in [6.07, 6.45) is 4.81. The van der Waals surface area contributed by atoms with Gasteiger partial charge in [-0.05, 0) is 42.4 Å². The lowest BCUT2D eigenvalue weighted by Gasteiger charge is -2.39. The van der Waals surface area contributed by atoms with Gasteiger partial charge in [0.05, 0.1) is 20.3 Å². The molecule has 1 fully saturated rings. The van der Waals surface area contributed by atoms with Crippen LogP contribution in [0.4, 0.5) is 0 Å². The molecule has 1 aliphatic heterocycles. The smallest absolute Gasteiger partial charge is 0.321 e. The highest BCUT2D eigenvalue weighted by Gasteiger charge is 2.48. The average Bonchev–Trinajstić information content (AvgIpc) is 2.37. The zero-order valence-electron chi connectivity index (χ0n) is 10.7. The second-order valence-electron chi connectivity index (χ2n) is 5.26. The van der Waals surface area contributed by atoms with Crippen molar-refractivity contribution in [3.63, 3.8) is 0 Å². The van der Waals surface area contributed by atoms with Gasteiger partial charge in [0, 0.05) is 0 Å². The Kier molecular flexibility index (Phi) is 2.86. The van der Waals surface area contributed by atoms with Crippen molar-refractivity contribution in [1.82, 2.24) is 0 Å². The molecule has 2 aliphatic rings. The molecule has 0 spiro atoms. The van der Waals surface area contributed by atoms with E-state index in [1.165, 1.54) is 31.1 Å². The van der Waals surface area contributed by atoms with Crippen molar-refractivity contribution in [2.75, 3.05) is 20.3 Å². The Bertz CT molecular complexity index is 475. The third kappa shape index (κ3) is 1.65. The molecular formula is C15H18O3. The van der Waals surface area contributed by atoms with Crippen molar-refractivity contribution in [3.05, 3.63) is 34.9 Å². The normalized spacial score (nSPS) is 20.7. The first kappa shape index (κ1) is 11.7. The fourth-order valence-electron chi connectivity index (χ4n) is 2.94. The lowest BCUT2D eigenvalue weighted by molar-refractivity contribution is -0.166. The summed E-state index contributed by atoms with van der Waals surface area (Å²) in [7, 11) is 1.45. The number of hydrogen-bond donors (Lipinski definition) is 0. The zero-order valence-corrected chi connectivity index (χ0v) is 10.7. The Morgan fingerprint density at radius 2 is 1.94 bits per heavy atom. The molecule has 0 aromatic heterocycles. The van der Waals surface area contributed by atoms with Crippen LogP contribution in [0.2, 0.25) is 0 Å². The Morgan fingerprint density at radius 3 is 2.56 bits per heavy atom. The maximum atomic E-state index is 12.0. The van der Waals surface area contributed by atoms with Crippen LogP contribution in [0.3, 0.4) is 0 Å². The first-order chi connectivity index (χ1) is 8.76. The monoisotopic (exact) mass is 246 g/mol. The van der Waals surface area contributed by atoms with E-state index in [1.54, 1.807) is 0 Å². The first-order valence-electron chi connectivity index (χ1n) is 6.55. The highest BCUT2D eigenvalue weighted by atomic mass is 16.5. The number of carbonyl (C=O) groups excluding carboxylic acids is 1. The van der Waals surface area contributed by atoms with E-state index in [0.717, 1.165) is 18.4 Å². The van der Waals surface area contributed by atoms with Crippen LogP contribution in [0.5, 0.6) is 0 Å². The third-order valence-electron chi connectivity index (χ3n) is 4.17. The molecule has 96 valence electrons. The van der Waals surface area contributed by atoms with Gasteiger partial charge < -0.3 is 9.47 Å². The van der Waals surface area contributed by atoms with Gasteiger partial charge in [-0.1, -0.05) is 18.2 Å². The molecule has 0 unspecified atom stereocenters. The van der Waals surface area contributed by atoms with Crippen molar-refractivity contribution >= 4 is 5.97 Å². The minimum atomic E-state index is -0.554. The summed E-state index contributed by atoms with van der Waals surface area (Å²) >= 11 is 0. The molecule has 1 aromatic carbocycles. The third-order valence-corrected chi connectivity index (χ3v) is 4.17. The molecule has 0 bridgehead atoms. The maximum absolute atomic E-state index is 12.0. The van der Waals surface area contributed by atoms with Gasteiger partial charge in [-0.15, -0.1) is 0 Å². The van der Waals surface area contributed by atoms with Gasteiger partial charge in [-0.2, -0.15) is 0 Å². The summed E-state index contributed by atoms with van der Waals surface area (Å²) in [5, 5.41) is 0. The zero-order chi connectivity index (χ0) is 12.6. The molecule has 0 radical (unpaired) electrons. The van der Waals surface area contributed by atoms with Crippen molar-refractivity contribution in [1.29, 1.82) is 0 Å². The minimum absolute atomic E-state index is 0.176. The summed E-state index contributed by atoms with van der Waals surface area (Å²) in [4.78, 5) is 12.0. The molecule has 1 aromatic rings. The van der Waals surface area contributed by atoms with Crippen LogP contribution in [0.15, 0.2) is 18.2 Å². The van der Waals surface area contributed by atoms with Gasteiger partial charge in [0.1, 0.15) is 5.41 Å². The molecular weight excluding hydrogens is 228 g/mol. The molecule has 0 amide bonds. The molecule has 1 saturated heterocycles. The van der Waals surface area contributed by atoms with Gasteiger partial charge in [0.15, 0.2) is 0 Å². The summed E-state index contributed by atoms with van der Waals surface area (Å²) in [5.74, 6) is -0.176. The fraction of sp³-hybridized carbons (Fsp3) is 0.533. The number of benzene rings is 1. The molecule has 0 saturated carbocycles. The van der Waals surface area contributed by atoms with Crippen molar-refractivity contribution in [3.8, 4) is 0 Å². The van der Waals surface area contributed by atoms with Crippen molar-refractivity contribution in [2.45, 2.75) is 31.1 Å². The summed E-state index contributed by atoms with van der Waals surface area (Å²) < 4.78 is 10.2. The highest BCUT2D eigenvalue weighted by Crippen LogP contribution is 2.35. The lowest BCUT2D eigenvalue weighted by atomic mass is 9.76. The van der Waals surface area contributed by atoms with Crippen LogP contribution in [0.1, 0.15) is 29.5 Å². The van der Waals surface area contributed by atoms with Crippen LogP contribution < -0.4 is 0 Å². The van der Waals surface area contributed by atoms with E-state index in [0.29, 0.717) is 13.2 Å². The Balaban J connectivity index is 1.98. The molecule has 0 atom stereocenters. The second kappa shape index (κ2) is 4.39. The molecule has 0 N–H and O–H groups in total. The van der Waals surface area contributed by atoms with Crippen molar-refractivity contribution < 1.29 is 14.3 Å². The van der Waals surface area contributed by atoms with Crippen LogP contribution >= 0.6 is 0 Å². The summed E-state index contributed by atoms with van der Waals surface area (Å²) in [6.45, 7) is 0.886. The van der Waals surface area contributed by atoms with E-state index in [4.69, 9.17) is 9.47 Å². The molecule has 1 aliphatic carbocycles. The van der Waals surface area contributed by atoms with E-state index in [1.807, 2.05) is 0 Å². The average molecular weight is 246 g/mol. The topological polar surface area (TPSA) is 35.5 Å². The molecule has 1 heterocycles. The van der Waals surface area contributed by atoms with Crippen molar-refractivity contribution in [2.24, 2.45) is 0 Å². The quantitative estimate of drug-likeness (QED) is 0.749. The highest BCUT2D eigenvalue weighted by molar-refractivity contribution is 5.84. The van der Waals surface area contributed by atoms with Gasteiger partial charge in [0.25, 0.3) is 0 Å². The fourth-order valence-corrected chi connectivity index (χ4v) is 2.94. The van der Waals surface area contributed by atoms with E-state index in [-0.39, 0.29) is 5.97 Å². The Hall–Kier alpha value is -1.35. The molecule has 18 heavy (non-hydrogen) atoms.